The molecular formula is C17H26ClNO3S. The maximum atomic E-state index is 12.6. The molecule has 3 unspecified atom stereocenters. The van der Waals surface area contributed by atoms with Gasteiger partial charge in [0.05, 0.1) is 12.0 Å². The Morgan fingerprint density at radius 1 is 1.30 bits per heavy atom. The van der Waals surface area contributed by atoms with E-state index >= 15 is 0 Å². The fourth-order valence-electron chi connectivity index (χ4n) is 3.44. The van der Waals surface area contributed by atoms with Crippen molar-refractivity contribution in [2.24, 2.45) is 22.9 Å². The Kier molecular flexibility index (Phi) is 9.07. The normalized spacial score (nSPS) is 26.3. The molecule has 1 aliphatic rings. The highest BCUT2D eigenvalue weighted by atomic mass is 35.5. The molecule has 0 aromatic heterocycles. The van der Waals surface area contributed by atoms with Crippen LogP contribution in [-0.2, 0) is 9.59 Å². The van der Waals surface area contributed by atoms with Crippen LogP contribution < -0.4 is 0 Å². The second-order valence-electron chi connectivity index (χ2n) is 6.29. The van der Waals surface area contributed by atoms with E-state index in [0.29, 0.717) is 24.5 Å². The lowest BCUT2D eigenvalue weighted by Gasteiger charge is -2.33. The maximum Gasteiger partial charge on any atom is 0.144 e. The average Bonchev–Trinajstić information content (AvgIpc) is 2.49. The molecule has 130 valence electrons. The zero-order valence-electron chi connectivity index (χ0n) is 14.0. The number of halogens is 1. The van der Waals surface area contributed by atoms with E-state index < -0.39 is 12.0 Å². The number of allylic oxidation sites excluding steroid dienone is 1. The van der Waals surface area contributed by atoms with Gasteiger partial charge in [-0.05, 0) is 31.4 Å². The van der Waals surface area contributed by atoms with Crippen LogP contribution in [0.25, 0.3) is 0 Å². The molecule has 0 aliphatic heterocycles. The molecule has 0 radical (unpaired) electrons. The molecule has 23 heavy (non-hydrogen) atoms. The third-order valence-corrected chi connectivity index (χ3v) is 5.77. The summed E-state index contributed by atoms with van der Waals surface area (Å²) < 4.78 is 0. The summed E-state index contributed by atoms with van der Waals surface area (Å²) in [5.74, 6) is -0.00369. The topological polar surface area (TPSA) is 63.6 Å². The molecule has 3 atom stereocenters. The molecule has 1 fully saturated rings. The van der Waals surface area contributed by atoms with Crippen LogP contribution in [0.3, 0.4) is 0 Å². The quantitative estimate of drug-likeness (QED) is 0.446. The number of nitrogens with zero attached hydrogens (tertiary/aromatic N) is 1. The van der Waals surface area contributed by atoms with Gasteiger partial charge >= 0.3 is 0 Å². The van der Waals surface area contributed by atoms with Gasteiger partial charge in [-0.2, -0.15) is 16.7 Å². The smallest absolute Gasteiger partial charge is 0.144 e. The van der Waals surface area contributed by atoms with E-state index in [1.54, 1.807) is 13.0 Å². The van der Waals surface area contributed by atoms with Crippen molar-refractivity contribution < 1.29 is 9.59 Å². The molecular weight excluding hydrogens is 334 g/mol. The molecule has 4 nitrogen and oxygen atoms in total. The van der Waals surface area contributed by atoms with Crippen LogP contribution in [0, 0.1) is 22.7 Å². The highest BCUT2D eigenvalue weighted by molar-refractivity contribution is 7.99. The van der Waals surface area contributed by atoms with E-state index in [9.17, 15) is 14.5 Å². The Balaban J connectivity index is 2.80. The van der Waals surface area contributed by atoms with Crippen LogP contribution in [0.15, 0.2) is 16.8 Å². The largest absolute Gasteiger partial charge is 0.299 e. The van der Waals surface area contributed by atoms with Crippen molar-refractivity contribution in [2.45, 2.75) is 57.7 Å². The number of rotatable bonds is 9. The fraction of sp³-hybridized carbons (Fsp3) is 0.765. The second kappa shape index (κ2) is 10.2. The van der Waals surface area contributed by atoms with E-state index in [4.69, 9.17) is 11.6 Å². The summed E-state index contributed by atoms with van der Waals surface area (Å²) in [6.07, 6.45) is 3.84. The minimum atomic E-state index is -0.707. The van der Waals surface area contributed by atoms with Crippen LogP contribution in [0.5, 0.6) is 0 Å². The van der Waals surface area contributed by atoms with Gasteiger partial charge in [-0.15, -0.1) is 0 Å². The summed E-state index contributed by atoms with van der Waals surface area (Å²) in [4.78, 5) is 36.0. The number of thioether (sulfide) groups is 1. The maximum absolute atomic E-state index is 12.6. The molecule has 0 heterocycles. The first-order valence-electron chi connectivity index (χ1n) is 8.19. The zero-order chi connectivity index (χ0) is 17.4. The monoisotopic (exact) mass is 359 g/mol. The van der Waals surface area contributed by atoms with Crippen LogP contribution in [-0.4, -0.2) is 28.6 Å². The second-order valence-corrected chi connectivity index (χ2v) is 8.26. The predicted molar refractivity (Wildman–Crippen MR) is 96.8 cm³/mol. The number of Topliss-reactive ketones (excluding diaryl/α,β-unsaturated/α-hetero) is 2. The molecule has 0 N–H and O–H groups in total. The molecule has 6 heteroatoms. The number of ketones is 2. The summed E-state index contributed by atoms with van der Waals surface area (Å²) in [6.45, 7) is 5.91. The Morgan fingerprint density at radius 3 is 2.39 bits per heavy atom. The number of carbonyl (C=O) groups excluding carboxylic acids is 2. The molecule has 0 spiro atoms. The summed E-state index contributed by atoms with van der Waals surface area (Å²) in [6, 6.07) is -0.577. The van der Waals surface area contributed by atoms with Crippen molar-refractivity contribution in [2.75, 3.05) is 5.75 Å². The highest BCUT2D eigenvalue weighted by Crippen LogP contribution is 2.35. The fourth-order valence-corrected chi connectivity index (χ4v) is 4.52. The van der Waals surface area contributed by atoms with Crippen LogP contribution in [0.4, 0.5) is 0 Å². The molecule has 0 amide bonds. The van der Waals surface area contributed by atoms with Gasteiger partial charge < -0.3 is 0 Å². The van der Waals surface area contributed by atoms with Crippen LogP contribution in [0.2, 0.25) is 0 Å². The van der Waals surface area contributed by atoms with Gasteiger partial charge in [0.1, 0.15) is 11.6 Å². The van der Waals surface area contributed by atoms with Crippen molar-refractivity contribution in [3.05, 3.63) is 16.5 Å². The molecule has 0 aromatic rings. The minimum Gasteiger partial charge on any atom is -0.299 e. The lowest BCUT2D eigenvalue weighted by molar-refractivity contribution is -0.140. The average molecular weight is 360 g/mol. The summed E-state index contributed by atoms with van der Waals surface area (Å²) in [5, 5.41) is 3.49. The number of carbonyl (C=O) groups is 2. The van der Waals surface area contributed by atoms with Crippen molar-refractivity contribution in [3.63, 3.8) is 0 Å². The molecule has 0 aromatic carbocycles. The first-order valence-corrected chi connectivity index (χ1v) is 9.67. The molecule has 1 aliphatic carbocycles. The van der Waals surface area contributed by atoms with E-state index in [-0.39, 0.29) is 23.4 Å². The van der Waals surface area contributed by atoms with Gasteiger partial charge in [0.15, 0.2) is 0 Å². The van der Waals surface area contributed by atoms with Gasteiger partial charge in [-0.3, -0.25) is 9.59 Å². The standard InChI is InChI=1S/C17H26ClNO3S/c1-4-23-11(2)8-13-9-15(20)17(16(21)10-13)14(6-5-7-18)12(3)19-22/h5,7,11-14,17H,4,6,8-10H2,1-3H3. The van der Waals surface area contributed by atoms with Gasteiger partial charge in [0.25, 0.3) is 0 Å². The first-order chi connectivity index (χ1) is 10.9. The third-order valence-electron chi connectivity index (χ3n) is 4.50. The van der Waals surface area contributed by atoms with Crippen molar-refractivity contribution in [1.29, 1.82) is 0 Å². The van der Waals surface area contributed by atoms with E-state index in [0.717, 1.165) is 12.2 Å². The number of nitroso groups, excluding NO2 is 1. The summed E-state index contributed by atoms with van der Waals surface area (Å²) >= 11 is 7.41. The van der Waals surface area contributed by atoms with Crippen molar-refractivity contribution in [1.82, 2.24) is 0 Å². The minimum absolute atomic E-state index is 0.0385. The highest BCUT2D eigenvalue weighted by Gasteiger charge is 2.42. The molecule has 0 saturated heterocycles. The van der Waals surface area contributed by atoms with Gasteiger partial charge in [-0.25, -0.2) is 0 Å². The first kappa shape index (κ1) is 20.4. The Labute approximate surface area is 147 Å². The summed E-state index contributed by atoms with van der Waals surface area (Å²) in [7, 11) is 0. The molecule has 1 rings (SSSR count). The van der Waals surface area contributed by atoms with Crippen LogP contribution in [0.1, 0.15) is 46.5 Å². The number of hydrogen-bond donors (Lipinski definition) is 0. The predicted octanol–water partition coefficient (Wildman–Crippen LogP) is 4.60. The van der Waals surface area contributed by atoms with Gasteiger partial charge in [0, 0.05) is 29.5 Å². The molecule has 1 saturated carbocycles. The summed E-state index contributed by atoms with van der Waals surface area (Å²) in [5.41, 5.74) is 1.36. The van der Waals surface area contributed by atoms with Gasteiger partial charge in [-0.1, -0.05) is 36.7 Å². The number of hydrogen-bond acceptors (Lipinski definition) is 5. The lowest BCUT2D eigenvalue weighted by atomic mass is 9.70. The SMILES string of the molecule is CCSC(C)CC1CC(=O)C(C(CC=CCl)C(C)N=O)C(=O)C1. The van der Waals surface area contributed by atoms with Crippen molar-refractivity contribution in [3.8, 4) is 0 Å². The van der Waals surface area contributed by atoms with Gasteiger partial charge in [0.2, 0.25) is 0 Å². The van der Waals surface area contributed by atoms with E-state index in [1.165, 1.54) is 5.54 Å². The third kappa shape index (κ3) is 6.03. The van der Waals surface area contributed by atoms with E-state index in [2.05, 4.69) is 19.0 Å². The zero-order valence-corrected chi connectivity index (χ0v) is 15.6. The van der Waals surface area contributed by atoms with E-state index in [1.807, 2.05) is 11.8 Å². The Morgan fingerprint density at radius 2 is 1.91 bits per heavy atom. The lowest BCUT2D eigenvalue weighted by Crippen LogP contribution is -2.41. The molecule has 0 bridgehead atoms. The Bertz CT molecular complexity index is 437. The Hall–Kier alpha value is -0.680. The van der Waals surface area contributed by atoms with Crippen LogP contribution >= 0.6 is 23.4 Å². The van der Waals surface area contributed by atoms with Crippen molar-refractivity contribution >= 4 is 34.9 Å².